The van der Waals surface area contributed by atoms with E-state index in [-0.39, 0.29) is 29.0 Å². The molecule has 0 saturated carbocycles. The SMILES string of the molecule is CC(=O)NCCc1ccc(C(=O)COC(=O)c2c(C)nn(C)c2Cl)s1. The normalized spacial score (nSPS) is 10.6. The van der Waals surface area contributed by atoms with Gasteiger partial charge in [0.2, 0.25) is 11.7 Å². The van der Waals surface area contributed by atoms with E-state index >= 15 is 0 Å². The minimum Gasteiger partial charge on any atom is -0.454 e. The van der Waals surface area contributed by atoms with E-state index in [9.17, 15) is 14.4 Å². The van der Waals surface area contributed by atoms with Gasteiger partial charge < -0.3 is 10.1 Å². The monoisotopic (exact) mass is 383 g/mol. The van der Waals surface area contributed by atoms with Crippen LogP contribution in [-0.2, 0) is 23.0 Å². The number of amides is 1. The second-order valence-corrected chi connectivity index (χ2v) is 6.90. The molecular weight excluding hydrogens is 366 g/mol. The fourth-order valence-corrected chi connectivity index (χ4v) is 3.34. The molecule has 0 aliphatic heterocycles. The third-order valence-corrected chi connectivity index (χ3v) is 4.99. The molecule has 0 aliphatic rings. The lowest BCUT2D eigenvalue weighted by atomic mass is 10.2. The molecule has 0 atom stereocenters. The van der Waals surface area contributed by atoms with Crippen LogP contribution in [0.15, 0.2) is 12.1 Å². The summed E-state index contributed by atoms with van der Waals surface area (Å²) in [4.78, 5) is 36.6. The number of Topliss-reactive ketones (excluding diaryl/α,β-unsaturated/α-hetero) is 1. The first-order valence-electron chi connectivity index (χ1n) is 7.52. The van der Waals surface area contributed by atoms with Crippen LogP contribution in [0.1, 0.15) is 37.5 Å². The van der Waals surface area contributed by atoms with Gasteiger partial charge in [0.25, 0.3) is 0 Å². The number of nitrogens with zero attached hydrogens (tertiary/aromatic N) is 2. The van der Waals surface area contributed by atoms with Crippen molar-refractivity contribution < 1.29 is 19.1 Å². The zero-order chi connectivity index (χ0) is 18.6. The first-order chi connectivity index (χ1) is 11.8. The van der Waals surface area contributed by atoms with Gasteiger partial charge in [-0.15, -0.1) is 11.3 Å². The smallest absolute Gasteiger partial charge is 0.343 e. The van der Waals surface area contributed by atoms with Crippen LogP contribution in [-0.4, -0.2) is 40.6 Å². The predicted molar refractivity (Wildman–Crippen MR) is 94.3 cm³/mol. The van der Waals surface area contributed by atoms with Crippen molar-refractivity contribution in [3.63, 3.8) is 0 Å². The number of aryl methyl sites for hydroxylation is 2. The summed E-state index contributed by atoms with van der Waals surface area (Å²) in [7, 11) is 1.62. The van der Waals surface area contributed by atoms with Gasteiger partial charge in [-0.05, 0) is 25.5 Å². The minimum atomic E-state index is -0.675. The lowest BCUT2D eigenvalue weighted by molar-refractivity contribution is -0.118. The molecule has 0 spiro atoms. The molecule has 134 valence electrons. The largest absolute Gasteiger partial charge is 0.454 e. The molecule has 2 heterocycles. The van der Waals surface area contributed by atoms with Gasteiger partial charge in [0.05, 0.1) is 10.6 Å². The summed E-state index contributed by atoms with van der Waals surface area (Å²) in [5, 5.41) is 6.90. The predicted octanol–water partition coefficient (Wildman–Crippen LogP) is 2.16. The number of carbonyl (C=O) groups excluding carboxylic acids is 3. The van der Waals surface area contributed by atoms with E-state index in [2.05, 4.69) is 10.4 Å². The van der Waals surface area contributed by atoms with Gasteiger partial charge in [0.15, 0.2) is 6.61 Å². The molecule has 7 nitrogen and oxygen atoms in total. The molecule has 0 aliphatic carbocycles. The number of nitrogens with one attached hydrogen (secondary N) is 1. The zero-order valence-electron chi connectivity index (χ0n) is 14.1. The molecule has 1 N–H and O–H groups in total. The zero-order valence-corrected chi connectivity index (χ0v) is 15.7. The number of hydrogen-bond donors (Lipinski definition) is 1. The van der Waals surface area contributed by atoms with Crippen molar-refractivity contribution in [2.24, 2.45) is 7.05 Å². The van der Waals surface area contributed by atoms with E-state index in [1.807, 2.05) is 6.07 Å². The van der Waals surface area contributed by atoms with Crippen molar-refractivity contribution in [1.82, 2.24) is 15.1 Å². The van der Waals surface area contributed by atoms with E-state index in [1.165, 1.54) is 22.9 Å². The average molecular weight is 384 g/mol. The van der Waals surface area contributed by atoms with Crippen LogP contribution in [0.25, 0.3) is 0 Å². The van der Waals surface area contributed by atoms with Gasteiger partial charge in [-0.25, -0.2) is 4.79 Å². The summed E-state index contributed by atoms with van der Waals surface area (Å²) in [6, 6.07) is 3.51. The Balaban J connectivity index is 1.91. The molecule has 0 unspecified atom stereocenters. The number of ether oxygens (including phenoxy) is 1. The second-order valence-electron chi connectivity index (χ2n) is 5.37. The van der Waals surface area contributed by atoms with Crippen molar-refractivity contribution in [2.75, 3.05) is 13.2 Å². The lowest BCUT2D eigenvalue weighted by Crippen LogP contribution is -2.22. The van der Waals surface area contributed by atoms with Gasteiger partial charge in [-0.3, -0.25) is 14.3 Å². The highest BCUT2D eigenvalue weighted by atomic mass is 35.5. The van der Waals surface area contributed by atoms with Crippen molar-refractivity contribution in [1.29, 1.82) is 0 Å². The van der Waals surface area contributed by atoms with Gasteiger partial charge in [-0.1, -0.05) is 11.6 Å². The molecular formula is C16H18ClN3O4S. The average Bonchev–Trinajstić information content (AvgIpc) is 3.10. The summed E-state index contributed by atoms with van der Waals surface area (Å²) < 4.78 is 6.44. The van der Waals surface area contributed by atoms with Crippen LogP contribution in [0.4, 0.5) is 0 Å². The Morgan fingerprint density at radius 1 is 1.36 bits per heavy atom. The maximum absolute atomic E-state index is 12.2. The van der Waals surface area contributed by atoms with E-state index in [4.69, 9.17) is 16.3 Å². The highest BCUT2D eigenvalue weighted by Crippen LogP contribution is 2.21. The molecule has 2 rings (SSSR count). The molecule has 0 radical (unpaired) electrons. The van der Waals surface area contributed by atoms with Crippen LogP contribution < -0.4 is 5.32 Å². The first-order valence-corrected chi connectivity index (χ1v) is 8.71. The summed E-state index contributed by atoms with van der Waals surface area (Å²) in [6.45, 7) is 3.24. The van der Waals surface area contributed by atoms with Crippen LogP contribution in [0, 0.1) is 6.92 Å². The first kappa shape index (κ1) is 19.1. The number of thiophene rings is 1. The number of halogens is 1. The number of carbonyl (C=O) groups is 3. The summed E-state index contributed by atoms with van der Waals surface area (Å²) in [5.41, 5.74) is 0.612. The van der Waals surface area contributed by atoms with Gasteiger partial charge in [-0.2, -0.15) is 5.10 Å². The maximum atomic E-state index is 12.2. The number of hydrogen-bond acceptors (Lipinski definition) is 6. The van der Waals surface area contributed by atoms with Crippen molar-refractivity contribution >= 4 is 40.6 Å². The molecule has 9 heteroatoms. The van der Waals surface area contributed by atoms with Crippen molar-refractivity contribution in [3.8, 4) is 0 Å². The summed E-state index contributed by atoms with van der Waals surface area (Å²) >= 11 is 7.32. The summed E-state index contributed by atoms with van der Waals surface area (Å²) in [5.74, 6) is -1.06. The van der Waals surface area contributed by atoms with Gasteiger partial charge >= 0.3 is 5.97 Å². The standard InChI is InChI=1S/C16H18ClN3O4S/c1-9-14(15(17)20(3)19-9)16(23)24-8-12(22)13-5-4-11(25-13)6-7-18-10(2)21/h4-5H,6-8H2,1-3H3,(H,18,21). The van der Waals surface area contributed by atoms with E-state index < -0.39 is 5.97 Å². The highest BCUT2D eigenvalue weighted by Gasteiger charge is 2.21. The molecule has 0 aromatic carbocycles. The van der Waals surface area contributed by atoms with Gasteiger partial charge in [0, 0.05) is 25.4 Å². The molecule has 25 heavy (non-hydrogen) atoms. The summed E-state index contributed by atoms with van der Waals surface area (Å²) in [6.07, 6.45) is 0.641. The fourth-order valence-electron chi connectivity index (χ4n) is 2.16. The van der Waals surface area contributed by atoms with Crippen molar-refractivity contribution in [2.45, 2.75) is 20.3 Å². The number of aromatic nitrogens is 2. The molecule has 0 fully saturated rings. The molecule has 1 amide bonds. The fraction of sp³-hybridized carbons (Fsp3) is 0.375. The Bertz CT molecular complexity index is 812. The van der Waals surface area contributed by atoms with Crippen LogP contribution in [0.2, 0.25) is 5.15 Å². The molecule has 2 aromatic heterocycles. The number of ketones is 1. The van der Waals surface area contributed by atoms with E-state index in [1.54, 1.807) is 20.0 Å². The van der Waals surface area contributed by atoms with Crippen LogP contribution in [0.5, 0.6) is 0 Å². The molecule has 0 bridgehead atoms. The van der Waals surface area contributed by atoms with Crippen molar-refractivity contribution in [3.05, 3.63) is 38.3 Å². The number of rotatable bonds is 7. The molecule has 0 saturated heterocycles. The quantitative estimate of drug-likeness (QED) is 0.584. The molecule has 2 aromatic rings. The van der Waals surface area contributed by atoms with Crippen LogP contribution in [0.3, 0.4) is 0 Å². The Hall–Kier alpha value is -2.19. The third kappa shape index (κ3) is 4.90. The van der Waals surface area contributed by atoms with Crippen LogP contribution >= 0.6 is 22.9 Å². The topological polar surface area (TPSA) is 90.3 Å². The minimum absolute atomic E-state index is 0.0934. The Kier molecular flexibility index (Phi) is 6.33. The van der Waals surface area contributed by atoms with E-state index in [0.717, 1.165) is 4.88 Å². The van der Waals surface area contributed by atoms with Gasteiger partial charge in [0.1, 0.15) is 10.7 Å². The Morgan fingerprint density at radius 2 is 2.08 bits per heavy atom. The Labute approximate surface area is 153 Å². The number of esters is 1. The third-order valence-electron chi connectivity index (χ3n) is 3.37. The lowest BCUT2D eigenvalue weighted by Gasteiger charge is -2.03. The second kappa shape index (κ2) is 8.26. The van der Waals surface area contributed by atoms with E-state index in [0.29, 0.717) is 23.5 Å². The maximum Gasteiger partial charge on any atom is 0.343 e. The Morgan fingerprint density at radius 3 is 2.68 bits per heavy atom. The highest BCUT2D eigenvalue weighted by molar-refractivity contribution is 7.14.